The molecule has 12 nitrogen and oxygen atoms in total. The van der Waals surface area contributed by atoms with Gasteiger partial charge in [-0.15, -0.1) is 0 Å². The average molecular weight is 639 g/mol. The highest BCUT2D eigenvalue weighted by molar-refractivity contribution is 6.07. The molecule has 0 bridgehead atoms. The summed E-state index contributed by atoms with van der Waals surface area (Å²) in [5.74, 6) is 1.32. The number of methoxy groups -OCH3 is 1. The Morgan fingerprint density at radius 2 is 1.81 bits per heavy atom. The van der Waals surface area contributed by atoms with Gasteiger partial charge in [0.2, 0.25) is 11.9 Å². The lowest BCUT2D eigenvalue weighted by Gasteiger charge is -2.40. The predicted octanol–water partition coefficient (Wildman–Crippen LogP) is 4.72. The van der Waals surface area contributed by atoms with Crippen molar-refractivity contribution in [1.29, 1.82) is 0 Å². The Kier molecular flexibility index (Phi) is 9.50. The Morgan fingerprint density at radius 3 is 2.47 bits per heavy atom. The van der Waals surface area contributed by atoms with E-state index in [0.717, 1.165) is 35.3 Å². The van der Waals surface area contributed by atoms with Gasteiger partial charge < -0.3 is 29.5 Å². The highest BCUT2D eigenvalue weighted by Crippen LogP contribution is 2.36. The van der Waals surface area contributed by atoms with E-state index >= 15 is 0 Å². The molecule has 0 spiro atoms. The number of carbonyl (C=O) groups is 2. The molecule has 1 unspecified atom stereocenters. The number of nitrogens with one attached hydrogen (secondary N) is 1. The Hall–Kier alpha value is -4.81. The van der Waals surface area contributed by atoms with Crippen molar-refractivity contribution >= 4 is 40.2 Å². The van der Waals surface area contributed by atoms with Gasteiger partial charge in [-0.3, -0.25) is 14.5 Å². The summed E-state index contributed by atoms with van der Waals surface area (Å²) in [4.78, 5) is 45.2. The molecule has 4 heterocycles. The fourth-order valence-corrected chi connectivity index (χ4v) is 6.49. The number of hydrogen-bond donors (Lipinski definition) is 2. The molecule has 2 aliphatic rings. The molecule has 1 amide bonds. The number of fused-ring (bicyclic) bond motifs is 1. The van der Waals surface area contributed by atoms with E-state index in [1.54, 1.807) is 47.4 Å². The number of rotatable bonds is 10. The number of hydrogen-bond acceptors (Lipinski definition) is 10. The average Bonchev–Trinajstić information content (AvgIpc) is 3.75. The second-order valence-electron chi connectivity index (χ2n) is 12.5. The van der Waals surface area contributed by atoms with Crippen molar-refractivity contribution in [2.75, 3.05) is 51.1 Å². The molecule has 1 aliphatic heterocycles. The van der Waals surface area contributed by atoms with E-state index in [0.29, 0.717) is 48.8 Å². The maximum absolute atomic E-state index is 12.9. The molecule has 2 fully saturated rings. The van der Waals surface area contributed by atoms with Crippen molar-refractivity contribution in [2.45, 2.75) is 50.9 Å². The van der Waals surface area contributed by atoms with Gasteiger partial charge in [-0.1, -0.05) is 12.8 Å². The molecule has 1 aliphatic carbocycles. The molecule has 1 saturated heterocycles. The Morgan fingerprint density at radius 1 is 1.04 bits per heavy atom. The van der Waals surface area contributed by atoms with Crippen LogP contribution in [0.15, 0.2) is 67.0 Å². The van der Waals surface area contributed by atoms with Crippen LogP contribution in [0.1, 0.15) is 60.9 Å². The third-order valence-electron chi connectivity index (χ3n) is 9.06. The minimum absolute atomic E-state index is 0.0554. The van der Waals surface area contributed by atoms with Gasteiger partial charge in [-0.25, -0.2) is 9.97 Å². The molecular weight excluding hydrogens is 596 g/mol. The number of ketones is 1. The summed E-state index contributed by atoms with van der Waals surface area (Å²) in [5, 5.41) is 15.1. The van der Waals surface area contributed by atoms with Crippen molar-refractivity contribution < 1.29 is 19.4 Å². The van der Waals surface area contributed by atoms with Crippen LogP contribution in [0.4, 0.5) is 17.5 Å². The first-order valence-corrected chi connectivity index (χ1v) is 16.1. The van der Waals surface area contributed by atoms with Crippen LogP contribution >= 0.6 is 0 Å². The molecule has 1 aromatic carbocycles. The highest BCUT2D eigenvalue weighted by Gasteiger charge is 2.28. The first-order chi connectivity index (χ1) is 22.7. The molecule has 6 rings (SSSR count). The van der Waals surface area contributed by atoms with Crippen LogP contribution in [0.2, 0.25) is 0 Å². The second-order valence-corrected chi connectivity index (χ2v) is 12.5. The monoisotopic (exact) mass is 638 g/mol. The molecule has 246 valence electrons. The summed E-state index contributed by atoms with van der Waals surface area (Å²) in [6.45, 7) is 3.77. The zero-order chi connectivity index (χ0) is 33.1. The SMILES string of the molecule is COc1ccc(C(=O)/C=C/C(=O)N2CCN(c3ccc(Nc4ncc5cc(C(O)N(C)C)n(C6CCCC6)c5n4)nc3)[C@@H](C)C2)cc1. The second kappa shape index (κ2) is 13.9. The van der Waals surface area contributed by atoms with Gasteiger partial charge in [-0.2, -0.15) is 4.98 Å². The van der Waals surface area contributed by atoms with E-state index in [-0.39, 0.29) is 17.7 Å². The van der Waals surface area contributed by atoms with Gasteiger partial charge in [0.25, 0.3) is 0 Å². The lowest BCUT2D eigenvalue weighted by molar-refractivity contribution is -0.126. The summed E-state index contributed by atoms with van der Waals surface area (Å²) in [7, 11) is 5.30. The van der Waals surface area contributed by atoms with E-state index in [4.69, 9.17) is 9.72 Å². The lowest BCUT2D eigenvalue weighted by atomic mass is 10.1. The molecule has 3 aromatic heterocycles. The Labute approximate surface area is 274 Å². The van der Waals surface area contributed by atoms with E-state index in [1.165, 1.54) is 25.0 Å². The normalized spacial score (nSPS) is 18.0. The van der Waals surface area contributed by atoms with E-state index < -0.39 is 6.23 Å². The minimum atomic E-state index is -0.733. The maximum atomic E-state index is 12.9. The number of nitrogens with zero attached hydrogens (tertiary/aromatic N) is 7. The first-order valence-electron chi connectivity index (χ1n) is 16.1. The molecule has 4 aromatic rings. The fraction of sp³-hybridized carbons (Fsp3) is 0.400. The number of allylic oxidation sites excluding steroid dienone is 1. The lowest BCUT2D eigenvalue weighted by Crippen LogP contribution is -2.53. The van der Waals surface area contributed by atoms with E-state index in [9.17, 15) is 14.7 Å². The van der Waals surface area contributed by atoms with Gasteiger partial charge in [0.15, 0.2) is 5.78 Å². The number of piperazine rings is 1. The standard InChI is InChI=1S/C35H42N8O4/c1-23-22-41(32(45)16-14-30(44)24-9-12-28(47-4)13-10-24)17-18-42(23)27-11-15-31(36-21-27)38-35-37-20-25-19-29(34(46)40(2)3)43(33(25)39-35)26-7-5-6-8-26/h9-16,19-21,23,26,34,46H,5-8,17-18,22H2,1-4H3,(H,36,37,38,39)/b16-14+/t23-,34?/m0/s1. The molecule has 2 atom stereocenters. The largest absolute Gasteiger partial charge is 0.497 e. The minimum Gasteiger partial charge on any atom is -0.497 e. The van der Waals surface area contributed by atoms with Gasteiger partial charge in [-0.05, 0) is 82.4 Å². The van der Waals surface area contributed by atoms with E-state index in [2.05, 4.69) is 31.7 Å². The summed E-state index contributed by atoms with van der Waals surface area (Å²) in [5.41, 5.74) is 3.09. The molecule has 1 saturated carbocycles. The van der Waals surface area contributed by atoms with Crippen molar-refractivity contribution in [2.24, 2.45) is 0 Å². The van der Waals surface area contributed by atoms with E-state index in [1.807, 2.05) is 38.5 Å². The summed E-state index contributed by atoms with van der Waals surface area (Å²) >= 11 is 0. The van der Waals surface area contributed by atoms with Crippen LogP contribution in [0.5, 0.6) is 5.75 Å². The van der Waals surface area contributed by atoms with Gasteiger partial charge >= 0.3 is 0 Å². The van der Waals surface area contributed by atoms with Crippen molar-refractivity contribution in [3.63, 3.8) is 0 Å². The van der Waals surface area contributed by atoms with Crippen LogP contribution in [0, 0.1) is 0 Å². The van der Waals surface area contributed by atoms with Crippen LogP contribution in [-0.2, 0) is 4.79 Å². The van der Waals surface area contributed by atoms with Crippen molar-refractivity contribution in [1.82, 2.24) is 29.3 Å². The molecule has 2 N–H and O–H groups in total. The molecule has 47 heavy (non-hydrogen) atoms. The van der Waals surface area contributed by atoms with Crippen molar-refractivity contribution in [3.05, 3.63) is 78.3 Å². The van der Waals surface area contributed by atoms with Gasteiger partial charge in [0.1, 0.15) is 23.4 Å². The third-order valence-corrected chi connectivity index (χ3v) is 9.06. The number of ether oxygens (including phenoxy) is 1. The Balaban J connectivity index is 1.09. The zero-order valence-electron chi connectivity index (χ0n) is 27.3. The highest BCUT2D eigenvalue weighted by atomic mass is 16.5. The number of aliphatic hydroxyl groups is 1. The number of carbonyl (C=O) groups excluding carboxylic acids is 2. The number of benzene rings is 1. The molecular formula is C35H42N8O4. The number of pyridine rings is 1. The number of aromatic nitrogens is 4. The summed E-state index contributed by atoms with van der Waals surface area (Å²) in [6.07, 6.45) is 10.0. The van der Waals surface area contributed by atoms with Crippen LogP contribution in [0.25, 0.3) is 11.0 Å². The first kappa shape index (κ1) is 32.1. The van der Waals surface area contributed by atoms with Gasteiger partial charge in [0, 0.05) is 54.9 Å². The quantitative estimate of drug-likeness (QED) is 0.143. The third kappa shape index (κ3) is 6.98. The number of anilines is 3. The topological polar surface area (TPSA) is 129 Å². The number of amides is 1. The smallest absolute Gasteiger partial charge is 0.246 e. The fourth-order valence-electron chi connectivity index (χ4n) is 6.49. The molecule has 12 heteroatoms. The number of aliphatic hydroxyl groups excluding tert-OH is 1. The van der Waals surface area contributed by atoms with Crippen LogP contribution in [-0.4, -0.2) is 93.0 Å². The summed E-state index contributed by atoms with van der Waals surface area (Å²) < 4.78 is 7.33. The zero-order valence-corrected chi connectivity index (χ0v) is 27.3. The predicted molar refractivity (Wildman–Crippen MR) is 181 cm³/mol. The van der Waals surface area contributed by atoms with Crippen LogP contribution in [0.3, 0.4) is 0 Å². The van der Waals surface area contributed by atoms with Gasteiger partial charge in [0.05, 0.1) is 24.7 Å². The van der Waals surface area contributed by atoms with Crippen molar-refractivity contribution in [3.8, 4) is 5.75 Å². The Bertz CT molecular complexity index is 1750. The molecule has 0 radical (unpaired) electrons. The summed E-state index contributed by atoms with van der Waals surface area (Å²) in [6, 6.07) is 13.0. The van der Waals surface area contributed by atoms with Crippen LogP contribution < -0.4 is 15.0 Å². The maximum Gasteiger partial charge on any atom is 0.246 e.